The maximum atomic E-state index is 12.2. The van der Waals surface area contributed by atoms with Crippen molar-refractivity contribution in [1.82, 2.24) is 9.88 Å². The number of amides is 1. The van der Waals surface area contributed by atoms with E-state index >= 15 is 0 Å². The highest BCUT2D eigenvalue weighted by Gasteiger charge is 2.17. The summed E-state index contributed by atoms with van der Waals surface area (Å²) in [6.07, 6.45) is 8.44. The van der Waals surface area contributed by atoms with Gasteiger partial charge in [0.25, 0.3) is 0 Å². The van der Waals surface area contributed by atoms with Crippen molar-refractivity contribution >= 4 is 17.2 Å². The molecule has 0 bridgehead atoms. The summed E-state index contributed by atoms with van der Waals surface area (Å²) >= 11 is 1.68. The van der Waals surface area contributed by atoms with Gasteiger partial charge in [0.2, 0.25) is 5.91 Å². The Balaban J connectivity index is 1.75. The van der Waals surface area contributed by atoms with Crippen LogP contribution in [0, 0.1) is 0 Å². The molecule has 1 aromatic rings. The second kappa shape index (κ2) is 8.37. The number of unbranched alkanes of at least 4 members (excludes halogenated alkanes) is 2. The molecular formula is C15H25N3OS. The lowest BCUT2D eigenvalue weighted by atomic mass is 10.1. The van der Waals surface area contributed by atoms with Crippen LogP contribution in [-0.4, -0.2) is 35.4 Å². The molecule has 4 nitrogen and oxygen atoms in total. The Bertz CT molecular complexity index is 413. The molecule has 0 unspecified atom stereocenters. The predicted octanol–water partition coefficient (Wildman–Crippen LogP) is 2.37. The number of likely N-dealkylation sites (tertiary alicyclic amines) is 1. The maximum Gasteiger partial charge on any atom is 0.228 e. The predicted molar refractivity (Wildman–Crippen MR) is 82.9 cm³/mol. The number of piperidine rings is 1. The van der Waals surface area contributed by atoms with Gasteiger partial charge in [0.1, 0.15) is 0 Å². The molecule has 1 aliphatic heterocycles. The van der Waals surface area contributed by atoms with Crippen molar-refractivity contribution < 1.29 is 4.79 Å². The molecule has 0 aromatic carbocycles. The third kappa shape index (κ3) is 4.87. The van der Waals surface area contributed by atoms with Crippen molar-refractivity contribution in [3.8, 4) is 0 Å². The molecule has 2 heterocycles. The lowest BCUT2D eigenvalue weighted by Crippen LogP contribution is -2.36. The third-order valence-corrected chi connectivity index (χ3v) is 4.69. The van der Waals surface area contributed by atoms with Gasteiger partial charge < -0.3 is 10.6 Å². The first-order chi connectivity index (χ1) is 9.79. The summed E-state index contributed by atoms with van der Waals surface area (Å²) in [4.78, 5) is 18.7. The van der Waals surface area contributed by atoms with Gasteiger partial charge in [-0.1, -0.05) is 6.42 Å². The van der Waals surface area contributed by atoms with Gasteiger partial charge in [-0.15, -0.1) is 11.3 Å². The number of aryl methyl sites for hydroxylation is 1. The molecule has 1 fully saturated rings. The summed E-state index contributed by atoms with van der Waals surface area (Å²) in [7, 11) is 0. The molecule has 0 aliphatic carbocycles. The highest BCUT2D eigenvalue weighted by Crippen LogP contribution is 2.16. The van der Waals surface area contributed by atoms with Crippen LogP contribution < -0.4 is 5.73 Å². The third-order valence-electron chi connectivity index (χ3n) is 3.74. The van der Waals surface area contributed by atoms with E-state index in [-0.39, 0.29) is 5.91 Å². The number of hydrogen-bond acceptors (Lipinski definition) is 4. The first kappa shape index (κ1) is 15.4. The van der Waals surface area contributed by atoms with Gasteiger partial charge in [0, 0.05) is 18.5 Å². The fourth-order valence-corrected chi connectivity index (χ4v) is 3.39. The van der Waals surface area contributed by atoms with Crippen LogP contribution >= 0.6 is 11.3 Å². The Kier molecular flexibility index (Phi) is 6.47. The minimum absolute atomic E-state index is 0.240. The zero-order chi connectivity index (χ0) is 14.2. The van der Waals surface area contributed by atoms with Crippen molar-refractivity contribution in [3.63, 3.8) is 0 Å². The fourth-order valence-electron chi connectivity index (χ4n) is 2.55. The van der Waals surface area contributed by atoms with Gasteiger partial charge in [0.15, 0.2) is 0 Å². The number of aromatic nitrogens is 1. The molecule has 1 amide bonds. The number of nitrogens with two attached hydrogens (primary N) is 1. The van der Waals surface area contributed by atoms with Gasteiger partial charge in [-0.05, 0) is 45.1 Å². The number of hydrogen-bond donors (Lipinski definition) is 1. The van der Waals surface area contributed by atoms with Crippen molar-refractivity contribution in [2.24, 2.45) is 5.73 Å². The lowest BCUT2D eigenvalue weighted by molar-refractivity contribution is -0.131. The Morgan fingerprint density at radius 2 is 2.05 bits per heavy atom. The quantitative estimate of drug-likeness (QED) is 0.786. The molecule has 2 rings (SSSR count). The highest BCUT2D eigenvalue weighted by atomic mass is 32.1. The van der Waals surface area contributed by atoms with Crippen LogP contribution in [0.15, 0.2) is 5.38 Å². The first-order valence-corrected chi connectivity index (χ1v) is 8.58. The summed E-state index contributed by atoms with van der Waals surface area (Å²) in [5, 5.41) is 3.20. The van der Waals surface area contributed by atoms with Gasteiger partial charge in [-0.3, -0.25) is 4.79 Å². The molecule has 1 saturated heterocycles. The molecule has 112 valence electrons. The molecule has 1 aliphatic rings. The SMILES string of the molecule is NCCCCCc1nc(CC(=O)N2CCCCC2)cs1. The zero-order valence-corrected chi connectivity index (χ0v) is 13.0. The Morgan fingerprint density at radius 3 is 2.80 bits per heavy atom. The monoisotopic (exact) mass is 295 g/mol. The summed E-state index contributed by atoms with van der Waals surface area (Å²) in [5.74, 6) is 0.240. The largest absolute Gasteiger partial charge is 0.342 e. The van der Waals surface area contributed by atoms with Gasteiger partial charge in [-0.2, -0.15) is 0 Å². The minimum Gasteiger partial charge on any atom is -0.342 e. The zero-order valence-electron chi connectivity index (χ0n) is 12.1. The van der Waals surface area contributed by atoms with Gasteiger partial charge in [-0.25, -0.2) is 4.98 Å². The molecule has 5 heteroatoms. The van der Waals surface area contributed by atoms with Crippen LogP contribution in [0.2, 0.25) is 0 Å². The van der Waals surface area contributed by atoms with E-state index in [0.717, 1.165) is 68.9 Å². The molecular weight excluding hydrogens is 270 g/mol. The van der Waals surface area contributed by atoms with E-state index in [1.165, 1.54) is 6.42 Å². The molecule has 1 aromatic heterocycles. The van der Waals surface area contributed by atoms with Gasteiger partial charge in [0.05, 0.1) is 17.1 Å². The Labute approximate surface area is 125 Å². The number of rotatable bonds is 7. The normalized spacial score (nSPS) is 15.6. The summed E-state index contributed by atoms with van der Waals surface area (Å²) in [6.45, 7) is 2.62. The minimum atomic E-state index is 0.240. The highest BCUT2D eigenvalue weighted by molar-refractivity contribution is 7.09. The van der Waals surface area contributed by atoms with E-state index < -0.39 is 0 Å². The number of carbonyl (C=O) groups is 1. The second-order valence-corrected chi connectivity index (χ2v) is 6.39. The number of thiazole rings is 1. The summed E-state index contributed by atoms with van der Waals surface area (Å²) in [6, 6.07) is 0. The Hall–Kier alpha value is -0.940. The second-order valence-electron chi connectivity index (χ2n) is 5.45. The number of nitrogens with zero attached hydrogens (tertiary/aromatic N) is 2. The molecule has 0 saturated carbocycles. The molecule has 20 heavy (non-hydrogen) atoms. The maximum absolute atomic E-state index is 12.2. The van der Waals surface area contributed by atoms with Crippen LogP contribution in [0.25, 0.3) is 0 Å². The Morgan fingerprint density at radius 1 is 1.25 bits per heavy atom. The van der Waals surface area contributed by atoms with E-state index in [0.29, 0.717) is 6.42 Å². The summed E-state index contributed by atoms with van der Waals surface area (Å²) < 4.78 is 0. The molecule has 2 N–H and O–H groups in total. The van der Waals surface area contributed by atoms with Crippen molar-refractivity contribution in [1.29, 1.82) is 0 Å². The van der Waals surface area contributed by atoms with Gasteiger partial charge >= 0.3 is 0 Å². The van der Waals surface area contributed by atoms with Crippen LogP contribution in [0.1, 0.15) is 49.2 Å². The average molecular weight is 295 g/mol. The van der Waals surface area contributed by atoms with Crippen LogP contribution in [-0.2, 0) is 17.6 Å². The summed E-state index contributed by atoms with van der Waals surface area (Å²) in [5.41, 5.74) is 6.43. The molecule has 0 spiro atoms. The average Bonchev–Trinajstić information content (AvgIpc) is 2.92. The molecule has 0 radical (unpaired) electrons. The van der Waals surface area contributed by atoms with Crippen molar-refractivity contribution in [3.05, 3.63) is 16.1 Å². The van der Waals surface area contributed by atoms with E-state index in [1.807, 2.05) is 10.3 Å². The van der Waals surface area contributed by atoms with Crippen LogP contribution in [0.4, 0.5) is 0 Å². The van der Waals surface area contributed by atoms with Crippen LogP contribution in [0.3, 0.4) is 0 Å². The van der Waals surface area contributed by atoms with E-state index in [4.69, 9.17) is 5.73 Å². The lowest BCUT2D eigenvalue weighted by Gasteiger charge is -2.26. The van der Waals surface area contributed by atoms with E-state index in [9.17, 15) is 4.79 Å². The number of carbonyl (C=O) groups excluding carboxylic acids is 1. The van der Waals surface area contributed by atoms with E-state index in [1.54, 1.807) is 11.3 Å². The fraction of sp³-hybridized carbons (Fsp3) is 0.733. The topological polar surface area (TPSA) is 59.2 Å². The van der Waals surface area contributed by atoms with E-state index in [2.05, 4.69) is 4.98 Å². The van der Waals surface area contributed by atoms with Crippen LogP contribution in [0.5, 0.6) is 0 Å². The standard InChI is InChI=1S/C15H25N3OS/c16-8-4-1-3-7-14-17-13(12-20-14)11-15(19)18-9-5-2-6-10-18/h12H,1-11,16H2. The smallest absolute Gasteiger partial charge is 0.228 e. The first-order valence-electron chi connectivity index (χ1n) is 7.70. The van der Waals surface area contributed by atoms with Crippen molar-refractivity contribution in [2.45, 2.75) is 51.4 Å². The molecule has 0 atom stereocenters. The van der Waals surface area contributed by atoms with Crippen molar-refractivity contribution in [2.75, 3.05) is 19.6 Å².